The van der Waals surface area contributed by atoms with Crippen LogP contribution in [0.25, 0.3) is 0 Å². The predicted molar refractivity (Wildman–Crippen MR) is 85.1 cm³/mol. The smallest absolute Gasteiger partial charge is 0.181 e. The second-order valence-corrected chi connectivity index (χ2v) is 4.86. The Morgan fingerprint density at radius 2 is 1.87 bits per heavy atom. The van der Waals surface area contributed by atoms with Gasteiger partial charge in [0.05, 0.1) is 19.6 Å². The molecule has 2 aromatic rings. The highest BCUT2D eigenvalue weighted by Crippen LogP contribution is 2.37. The van der Waals surface area contributed by atoms with Crippen LogP contribution < -0.4 is 9.47 Å². The second kappa shape index (κ2) is 8.18. The van der Waals surface area contributed by atoms with Crippen LogP contribution in [0.5, 0.6) is 11.5 Å². The molecule has 0 saturated heterocycles. The Kier molecular flexibility index (Phi) is 5.98. The molecule has 0 fully saturated rings. The lowest BCUT2D eigenvalue weighted by atomic mass is 10.0. The van der Waals surface area contributed by atoms with Gasteiger partial charge >= 0.3 is 0 Å². The summed E-state index contributed by atoms with van der Waals surface area (Å²) in [5, 5.41) is 19.0. The number of nitriles is 1. The standard InChI is InChI=1S/C18H19NO4/c1-21-17-14(10-11-19)15(18(20)22-2)8-9-16(17)23-12-13-6-4-3-5-7-13/h3-9,18,20H,10,12H2,1-2H3. The Hall–Kier alpha value is -2.55. The van der Waals surface area contributed by atoms with Gasteiger partial charge in [0.2, 0.25) is 0 Å². The van der Waals surface area contributed by atoms with Crippen molar-refractivity contribution in [1.29, 1.82) is 5.26 Å². The largest absolute Gasteiger partial charge is 0.493 e. The fourth-order valence-corrected chi connectivity index (χ4v) is 2.31. The molecule has 1 unspecified atom stereocenters. The van der Waals surface area contributed by atoms with Gasteiger partial charge in [0.1, 0.15) is 6.61 Å². The maximum absolute atomic E-state index is 9.93. The summed E-state index contributed by atoms with van der Waals surface area (Å²) in [4.78, 5) is 0. The van der Waals surface area contributed by atoms with Crippen LogP contribution in [0.15, 0.2) is 42.5 Å². The average Bonchev–Trinajstić information content (AvgIpc) is 2.60. The third-order valence-electron chi connectivity index (χ3n) is 3.45. The van der Waals surface area contributed by atoms with Gasteiger partial charge in [-0.25, -0.2) is 0 Å². The van der Waals surface area contributed by atoms with Crippen LogP contribution in [-0.4, -0.2) is 19.3 Å². The highest BCUT2D eigenvalue weighted by Gasteiger charge is 2.19. The summed E-state index contributed by atoms with van der Waals surface area (Å²) >= 11 is 0. The van der Waals surface area contributed by atoms with Gasteiger partial charge < -0.3 is 19.3 Å². The molecule has 0 radical (unpaired) electrons. The van der Waals surface area contributed by atoms with Crippen LogP contribution in [-0.2, 0) is 17.8 Å². The van der Waals surface area contributed by atoms with Gasteiger partial charge in [-0.1, -0.05) is 30.3 Å². The zero-order valence-electron chi connectivity index (χ0n) is 13.2. The third kappa shape index (κ3) is 4.01. The minimum atomic E-state index is -1.12. The highest BCUT2D eigenvalue weighted by molar-refractivity contribution is 5.52. The van der Waals surface area contributed by atoms with Crippen molar-refractivity contribution >= 4 is 0 Å². The third-order valence-corrected chi connectivity index (χ3v) is 3.45. The van der Waals surface area contributed by atoms with E-state index >= 15 is 0 Å². The molecule has 0 spiro atoms. The molecule has 5 heteroatoms. The van der Waals surface area contributed by atoms with Crippen LogP contribution in [0, 0.1) is 11.3 Å². The van der Waals surface area contributed by atoms with E-state index in [0.717, 1.165) is 5.56 Å². The number of ether oxygens (including phenoxy) is 3. The topological polar surface area (TPSA) is 71.7 Å². The van der Waals surface area contributed by atoms with Crippen LogP contribution in [0.3, 0.4) is 0 Å². The van der Waals surface area contributed by atoms with Gasteiger partial charge in [-0.2, -0.15) is 5.26 Å². The highest BCUT2D eigenvalue weighted by atomic mass is 16.6. The van der Waals surface area contributed by atoms with E-state index in [-0.39, 0.29) is 6.42 Å². The monoisotopic (exact) mass is 313 g/mol. The van der Waals surface area contributed by atoms with Gasteiger partial charge in [-0.15, -0.1) is 0 Å². The molecule has 0 aliphatic heterocycles. The molecule has 2 rings (SSSR count). The van der Waals surface area contributed by atoms with Crippen molar-refractivity contribution in [2.24, 2.45) is 0 Å². The average molecular weight is 313 g/mol. The number of aliphatic hydroxyl groups excluding tert-OH is 1. The fourth-order valence-electron chi connectivity index (χ4n) is 2.31. The van der Waals surface area contributed by atoms with Gasteiger partial charge in [0.25, 0.3) is 0 Å². The van der Waals surface area contributed by atoms with Crippen LogP contribution in [0.1, 0.15) is 23.0 Å². The van der Waals surface area contributed by atoms with E-state index < -0.39 is 6.29 Å². The molecule has 23 heavy (non-hydrogen) atoms. The number of aliphatic hydroxyl groups is 1. The van der Waals surface area contributed by atoms with E-state index in [4.69, 9.17) is 19.5 Å². The van der Waals surface area contributed by atoms with E-state index in [1.165, 1.54) is 14.2 Å². The molecule has 0 amide bonds. The molecular formula is C18H19NO4. The molecular weight excluding hydrogens is 294 g/mol. The second-order valence-electron chi connectivity index (χ2n) is 4.86. The van der Waals surface area contributed by atoms with E-state index in [9.17, 15) is 5.11 Å². The fraction of sp³-hybridized carbons (Fsp3) is 0.278. The molecule has 0 bridgehead atoms. The van der Waals surface area contributed by atoms with Crippen molar-refractivity contribution in [3.8, 4) is 17.6 Å². The van der Waals surface area contributed by atoms with Crippen LogP contribution in [0.4, 0.5) is 0 Å². The molecule has 0 heterocycles. The number of methoxy groups -OCH3 is 2. The first kappa shape index (κ1) is 16.8. The number of nitrogens with zero attached hydrogens (tertiary/aromatic N) is 1. The van der Waals surface area contributed by atoms with E-state index in [1.807, 2.05) is 30.3 Å². The lowest BCUT2D eigenvalue weighted by Crippen LogP contribution is -2.07. The normalized spacial score (nSPS) is 11.6. The zero-order valence-corrected chi connectivity index (χ0v) is 13.2. The molecule has 0 aromatic heterocycles. The van der Waals surface area contributed by atoms with E-state index in [1.54, 1.807) is 12.1 Å². The molecule has 1 atom stereocenters. The van der Waals surface area contributed by atoms with Gasteiger partial charge in [0, 0.05) is 18.2 Å². The number of rotatable bonds is 7. The first-order chi connectivity index (χ1) is 11.2. The van der Waals surface area contributed by atoms with Crippen molar-refractivity contribution in [2.75, 3.05) is 14.2 Å². The molecule has 1 N–H and O–H groups in total. The summed E-state index contributed by atoms with van der Waals surface area (Å²) < 4.78 is 16.2. The number of benzene rings is 2. The summed E-state index contributed by atoms with van der Waals surface area (Å²) in [6.45, 7) is 0.384. The van der Waals surface area contributed by atoms with Gasteiger partial charge in [0.15, 0.2) is 17.8 Å². The molecule has 0 saturated carbocycles. The molecule has 120 valence electrons. The Morgan fingerprint density at radius 1 is 1.13 bits per heavy atom. The Morgan fingerprint density at radius 3 is 2.48 bits per heavy atom. The van der Waals surface area contributed by atoms with E-state index in [0.29, 0.717) is 29.2 Å². The molecule has 0 aliphatic rings. The first-order valence-electron chi connectivity index (χ1n) is 7.15. The predicted octanol–water partition coefficient (Wildman–Crippen LogP) is 2.98. The molecule has 5 nitrogen and oxygen atoms in total. The Labute approximate surface area is 135 Å². The molecule has 2 aromatic carbocycles. The lowest BCUT2D eigenvalue weighted by molar-refractivity contribution is -0.0775. The summed E-state index contributed by atoms with van der Waals surface area (Å²) in [5.41, 5.74) is 2.09. The van der Waals surface area contributed by atoms with Crippen molar-refractivity contribution < 1.29 is 19.3 Å². The van der Waals surface area contributed by atoms with E-state index in [2.05, 4.69) is 6.07 Å². The van der Waals surface area contributed by atoms with Gasteiger partial charge in [-0.3, -0.25) is 0 Å². The Bertz CT molecular complexity index is 679. The SMILES string of the molecule is COc1c(OCc2ccccc2)ccc(C(O)OC)c1CC#N. The maximum Gasteiger partial charge on any atom is 0.181 e. The van der Waals surface area contributed by atoms with Crippen molar-refractivity contribution in [3.05, 3.63) is 59.2 Å². The summed E-state index contributed by atoms with van der Waals surface area (Å²) in [5.74, 6) is 0.963. The van der Waals surface area contributed by atoms with Crippen LogP contribution >= 0.6 is 0 Å². The molecule has 0 aliphatic carbocycles. The number of hydrogen-bond acceptors (Lipinski definition) is 5. The maximum atomic E-state index is 9.93. The zero-order chi connectivity index (χ0) is 16.7. The van der Waals surface area contributed by atoms with Crippen molar-refractivity contribution in [2.45, 2.75) is 19.3 Å². The quantitative estimate of drug-likeness (QED) is 0.796. The summed E-state index contributed by atoms with van der Waals surface area (Å²) in [7, 11) is 2.90. The van der Waals surface area contributed by atoms with Gasteiger partial charge in [-0.05, 0) is 17.7 Å². The van der Waals surface area contributed by atoms with Crippen molar-refractivity contribution in [3.63, 3.8) is 0 Å². The number of hydrogen-bond donors (Lipinski definition) is 1. The summed E-state index contributed by atoms with van der Waals surface area (Å²) in [6.07, 6.45) is -1.03. The van der Waals surface area contributed by atoms with Crippen LogP contribution in [0.2, 0.25) is 0 Å². The minimum absolute atomic E-state index is 0.0848. The summed E-state index contributed by atoms with van der Waals surface area (Å²) in [6, 6.07) is 15.2. The first-order valence-corrected chi connectivity index (χ1v) is 7.15. The Balaban J connectivity index is 2.33. The lowest BCUT2D eigenvalue weighted by Gasteiger charge is -2.19. The minimum Gasteiger partial charge on any atom is -0.493 e. The van der Waals surface area contributed by atoms with Crippen molar-refractivity contribution in [1.82, 2.24) is 0 Å².